The third-order valence-electron chi connectivity index (χ3n) is 3.13. The molecule has 0 saturated heterocycles. The summed E-state index contributed by atoms with van der Waals surface area (Å²) in [6.45, 7) is 0. The van der Waals surface area contributed by atoms with E-state index in [0.29, 0.717) is 21.8 Å². The summed E-state index contributed by atoms with van der Waals surface area (Å²) in [5, 5.41) is 19.7. The number of carboxylic acid groups (broad SMARTS) is 2. The topological polar surface area (TPSA) is 90.4 Å². The smallest absolute Gasteiger partial charge is 0.337 e. The van der Waals surface area contributed by atoms with Crippen molar-refractivity contribution in [3.63, 3.8) is 0 Å². The molecule has 0 radical (unpaired) electrons. The first-order valence-electron chi connectivity index (χ1n) is 5.59. The van der Waals surface area contributed by atoms with Crippen LogP contribution in [0.4, 0.5) is 0 Å². The van der Waals surface area contributed by atoms with Crippen LogP contribution >= 0.6 is 0 Å². The maximum atomic E-state index is 11.2. The molecule has 19 heavy (non-hydrogen) atoms. The fraction of sp³-hybridized carbons (Fsp3) is 0. The van der Waals surface area contributed by atoms with Gasteiger partial charge in [-0.2, -0.15) is 0 Å². The van der Waals surface area contributed by atoms with E-state index in [1.165, 1.54) is 12.1 Å². The van der Waals surface area contributed by atoms with E-state index in [9.17, 15) is 9.59 Å². The Morgan fingerprint density at radius 1 is 0.789 bits per heavy atom. The summed E-state index contributed by atoms with van der Waals surface area (Å²) in [7, 11) is 0. The predicted octanol–water partition coefficient (Wildman–Crippen LogP) is 2.72. The zero-order valence-electron chi connectivity index (χ0n) is 9.68. The molecule has 3 rings (SSSR count). The first kappa shape index (κ1) is 11.3. The number of aromatic nitrogens is 1. The highest BCUT2D eigenvalue weighted by atomic mass is 16.4. The zero-order chi connectivity index (χ0) is 13.6. The van der Waals surface area contributed by atoms with Crippen molar-refractivity contribution in [1.82, 2.24) is 4.98 Å². The van der Waals surface area contributed by atoms with Crippen molar-refractivity contribution in [3.05, 3.63) is 47.5 Å². The molecule has 5 heteroatoms. The highest BCUT2D eigenvalue weighted by Gasteiger charge is 2.16. The van der Waals surface area contributed by atoms with Gasteiger partial charge in [-0.15, -0.1) is 0 Å². The second-order valence-corrected chi connectivity index (χ2v) is 4.19. The first-order valence-corrected chi connectivity index (χ1v) is 5.59. The van der Waals surface area contributed by atoms with Gasteiger partial charge in [0.25, 0.3) is 0 Å². The Morgan fingerprint density at radius 3 is 1.58 bits per heavy atom. The van der Waals surface area contributed by atoms with Crippen molar-refractivity contribution in [3.8, 4) is 0 Å². The van der Waals surface area contributed by atoms with Crippen molar-refractivity contribution >= 4 is 33.7 Å². The lowest BCUT2D eigenvalue weighted by Gasteiger charge is -1.96. The molecule has 1 aromatic heterocycles. The summed E-state index contributed by atoms with van der Waals surface area (Å²) in [4.78, 5) is 25.3. The molecule has 1 heterocycles. The number of hydrogen-bond acceptors (Lipinski definition) is 2. The van der Waals surface area contributed by atoms with Crippen LogP contribution in [0.3, 0.4) is 0 Å². The van der Waals surface area contributed by atoms with E-state index in [0.717, 1.165) is 0 Å². The number of benzene rings is 2. The third kappa shape index (κ3) is 1.55. The molecule has 0 aliphatic rings. The molecule has 5 nitrogen and oxygen atoms in total. The molecule has 3 N–H and O–H groups in total. The number of carboxylic acids is 2. The van der Waals surface area contributed by atoms with Crippen LogP contribution in [0.15, 0.2) is 36.4 Å². The van der Waals surface area contributed by atoms with Gasteiger partial charge in [-0.25, -0.2) is 9.59 Å². The van der Waals surface area contributed by atoms with Gasteiger partial charge in [0.2, 0.25) is 0 Å². The highest BCUT2D eigenvalue weighted by molar-refractivity contribution is 6.17. The van der Waals surface area contributed by atoms with Crippen molar-refractivity contribution in [2.45, 2.75) is 0 Å². The summed E-state index contributed by atoms with van der Waals surface area (Å²) in [6, 6.07) is 9.80. The van der Waals surface area contributed by atoms with Crippen LogP contribution in [0.25, 0.3) is 21.8 Å². The highest BCUT2D eigenvalue weighted by Crippen LogP contribution is 2.29. The van der Waals surface area contributed by atoms with Gasteiger partial charge >= 0.3 is 11.9 Å². The van der Waals surface area contributed by atoms with Crippen molar-refractivity contribution in [1.29, 1.82) is 0 Å². The number of para-hydroxylation sites is 2. The molecular formula is C14H9NO4. The Balaban J connectivity index is 2.51. The summed E-state index contributed by atoms with van der Waals surface area (Å²) in [6.07, 6.45) is 0. The molecule has 2 aromatic carbocycles. The minimum Gasteiger partial charge on any atom is -0.478 e. The monoisotopic (exact) mass is 255 g/mol. The molecule has 0 fully saturated rings. The molecule has 0 atom stereocenters. The standard InChI is InChI=1S/C14H9NO4/c16-13(17)9-5-1-3-7-8-4-2-6-10(14(18)19)12(8)15-11(7)9/h1-6,15H,(H,16,17)(H,18,19). The van der Waals surface area contributed by atoms with E-state index >= 15 is 0 Å². The van der Waals surface area contributed by atoms with Gasteiger partial charge in [-0.3, -0.25) is 0 Å². The fourth-order valence-electron chi connectivity index (χ4n) is 2.30. The number of aromatic amines is 1. The molecule has 0 aliphatic carbocycles. The van der Waals surface area contributed by atoms with Crippen LogP contribution in [0.1, 0.15) is 20.7 Å². The minimum atomic E-state index is -1.05. The lowest BCUT2D eigenvalue weighted by Crippen LogP contribution is -1.97. The average molecular weight is 255 g/mol. The van der Waals surface area contributed by atoms with Crippen LogP contribution in [0.2, 0.25) is 0 Å². The van der Waals surface area contributed by atoms with Gasteiger partial charge < -0.3 is 15.2 Å². The zero-order valence-corrected chi connectivity index (χ0v) is 9.68. The number of hydrogen-bond donors (Lipinski definition) is 3. The second-order valence-electron chi connectivity index (χ2n) is 4.19. The van der Waals surface area contributed by atoms with Crippen LogP contribution in [0, 0.1) is 0 Å². The number of aromatic carboxylic acids is 2. The number of nitrogens with one attached hydrogen (secondary N) is 1. The summed E-state index contributed by atoms with van der Waals surface area (Å²) in [5.74, 6) is -2.09. The Morgan fingerprint density at radius 2 is 1.21 bits per heavy atom. The lowest BCUT2D eigenvalue weighted by atomic mass is 10.1. The van der Waals surface area contributed by atoms with Gasteiger partial charge in [0.05, 0.1) is 22.2 Å². The average Bonchev–Trinajstić information content (AvgIpc) is 2.76. The molecule has 0 bridgehead atoms. The second kappa shape index (κ2) is 3.84. The number of rotatable bonds is 2. The lowest BCUT2D eigenvalue weighted by molar-refractivity contribution is 0.0688. The van der Waals surface area contributed by atoms with Crippen LogP contribution in [-0.4, -0.2) is 27.1 Å². The molecular weight excluding hydrogens is 246 g/mol. The minimum absolute atomic E-state index is 0.130. The van der Waals surface area contributed by atoms with Crippen molar-refractivity contribution in [2.75, 3.05) is 0 Å². The Hall–Kier alpha value is -2.82. The molecule has 0 unspecified atom stereocenters. The quantitative estimate of drug-likeness (QED) is 0.656. The van der Waals surface area contributed by atoms with Crippen LogP contribution in [0.5, 0.6) is 0 Å². The molecule has 0 spiro atoms. The number of H-pyrrole nitrogens is 1. The molecule has 3 aromatic rings. The molecule has 0 aliphatic heterocycles. The van der Waals surface area contributed by atoms with Crippen molar-refractivity contribution in [2.24, 2.45) is 0 Å². The van der Waals surface area contributed by atoms with Gasteiger partial charge in [-0.1, -0.05) is 24.3 Å². The van der Waals surface area contributed by atoms with Crippen LogP contribution < -0.4 is 0 Å². The van der Waals surface area contributed by atoms with E-state index in [1.807, 2.05) is 0 Å². The first-order chi connectivity index (χ1) is 9.09. The maximum Gasteiger partial charge on any atom is 0.337 e. The fourth-order valence-corrected chi connectivity index (χ4v) is 2.30. The summed E-state index contributed by atoms with van der Waals surface area (Å²) >= 11 is 0. The summed E-state index contributed by atoms with van der Waals surface area (Å²) < 4.78 is 0. The summed E-state index contributed by atoms with van der Waals surface area (Å²) in [5.41, 5.74) is 1.15. The van der Waals surface area contributed by atoms with E-state index in [1.54, 1.807) is 24.3 Å². The SMILES string of the molecule is O=C(O)c1cccc2c1[nH]c1c(C(=O)O)cccc12. The maximum absolute atomic E-state index is 11.2. The Bertz CT molecular complexity index is 764. The van der Waals surface area contributed by atoms with Gasteiger partial charge in [-0.05, 0) is 12.1 Å². The molecule has 0 amide bonds. The Labute approximate surface area is 107 Å². The molecule has 0 saturated carbocycles. The van der Waals surface area contributed by atoms with Gasteiger partial charge in [0.1, 0.15) is 0 Å². The van der Waals surface area contributed by atoms with Crippen molar-refractivity contribution < 1.29 is 19.8 Å². The van der Waals surface area contributed by atoms with Gasteiger partial charge in [0.15, 0.2) is 0 Å². The van der Waals surface area contributed by atoms with Crippen LogP contribution in [-0.2, 0) is 0 Å². The van der Waals surface area contributed by atoms with E-state index in [-0.39, 0.29) is 11.1 Å². The number of fused-ring (bicyclic) bond motifs is 3. The number of carbonyl (C=O) groups is 2. The van der Waals surface area contributed by atoms with E-state index < -0.39 is 11.9 Å². The normalized spacial score (nSPS) is 10.9. The van der Waals surface area contributed by atoms with E-state index in [4.69, 9.17) is 10.2 Å². The third-order valence-corrected chi connectivity index (χ3v) is 3.13. The molecule has 94 valence electrons. The van der Waals surface area contributed by atoms with Gasteiger partial charge in [0, 0.05) is 10.8 Å². The Kier molecular flexibility index (Phi) is 2.28. The largest absolute Gasteiger partial charge is 0.478 e. The predicted molar refractivity (Wildman–Crippen MR) is 69.7 cm³/mol. The van der Waals surface area contributed by atoms with E-state index in [2.05, 4.69) is 4.98 Å².